The summed E-state index contributed by atoms with van der Waals surface area (Å²) in [5, 5.41) is 0. The maximum Gasteiger partial charge on any atom is 0.508 e. The summed E-state index contributed by atoms with van der Waals surface area (Å²) in [6, 6.07) is 0. The SMILES string of the molecule is C/C=C/C=C/C(C)OC(=O)OCC. The van der Waals surface area contributed by atoms with Crippen LogP contribution in [0.25, 0.3) is 0 Å². The molecule has 0 aromatic heterocycles. The molecule has 0 radical (unpaired) electrons. The van der Waals surface area contributed by atoms with Crippen molar-refractivity contribution in [3.8, 4) is 0 Å². The second-order valence-electron chi connectivity index (χ2n) is 2.42. The highest BCUT2D eigenvalue weighted by molar-refractivity contribution is 5.60. The number of rotatable bonds is 4. The smallest absolute Gasteiger partial charge is 0.435 e. The van der Waals surface area contributed by atoms with Crippen LogP contribution in [-0.2, 0) is 9.47 Å². The van der Waals surface area contributed by atoms with Gasteiger partial charge in [-0.1, -0.05) is 18.2 Å². The van der Waals surface area contributed by atoms with E-state index in [2.05, 4.69) is 4.74 Å². The van der Waals surface area contributed by atoms with Crippen LogP contribution in [0.15, 0.2) is 24.3 Å². The molecule has 0 aromatic rings. The van der Waals surface area contributed by atoms with Crippen LogP contribution in [0.5, 0.6) is 0 Å². The monoisotopic (exact) mass is 184 g/mol. The number of ether oxygens (including phenoxy) is 2. The quantitative estimate of drug-likeness (QED) is 0.497. The van der Waals surface area contributed by atoms with Gasteiger partial charge in [-0.3, -0.25) is 0 Å². The minimum Gasteiger partial charge on any atom is -0.435 e. The van der Waals surface area contributed by atoms with Crippen LogP contribution in [0.3, 0.4) is 0 Å². The number of allylic oxidation sites excluding steroid dienone is 3. The van der Waals surface area contributed by atoms with Crippen molar-refractivity contribution < 1.29 is 14.3 Å². The molecule has 0 N–H and O–H groups in total. The first kappa shape index (κ1) is 11.8. The summed E-state index contributed by atoms with van der Waals surface area (Å²) in [6.45, 7) is 5.77. The molecule has 0 amide bonds. The second kappa shape index (κ2) is 7.40. The van der Waals surface area contributed by atoms with E-state index in [1.54, 1.807) is 19.9 Å². The predicted molar refractivity (Wildman–Crippen MR) is 51.5 cm³/mol. The van der Waals surface area contributed by atoms with Gasteiger partial charge in [-0.2, -0.15) is 0 Å². The molecule has 0 rings (SSSR count). The fourth-order valence-electron chi connectivity index (χ4n) is 0.675. The molecule has 0 spiro atoms. The molecule has 0 saturated carbocycles. The molecule has 0 fully saturated rings. The summed E-state index contributed by atoms with van der Waals surface area (Å²) >= 11 is 0. The maximum atomic E-state index is 10.8. The third kappa shape index (κ3) is 7.12. The van der Waals surface area contributed by atoms with Crippen molar-refractivity contribution in [3.63, 3.8) is 0 Å². The first-order valence-corrected chi connectivity index (χ1v) is 4.33. The molecule has 0 aromatic carbocycles. The molecule has 74 valence electrons. The summed E-state index contributed by atoms with van der Waals surface area (Å²) in [5.74, 6) is 0. The van der Waals surface area contributed by atoms with Crippen LogP contribution in [0.2, 0.25) is 0 Å². The predicted octanol–water partition coefficient (Wildman–Crippen LogP) is 2.68. The maximum absolute atomic E-state index is 10.8. The van der Waals surface area contributed by atoms with Gasteiger partial charge in [0.05, 0.1) is 6.61 Å². The average molecular weight is 184 g/mol. The van der Waals surface area contributed by atoms with Crippen molar-refractivity contribution in [2.75, 3.05) is 6.61 Å². The molecular formula is C10H16O3. The zero-order valence-corrected chi connectivity index (χ0v) is 8.32. The highest BCUT2D eigenvalue weighted by Crippen LogP contribution is 1.96. The van der Waals surface area contributed by atoms with Crippen LogP contribution in [0, 0.1) is 0 Å². The minimum atomic E-state index is -0.625. The third-order valence-electron chi connectivity index (χ3n) is 1.23. The molecule has 3 nitrogen and oxygen atoms in total. The van der Waals surface area contributed by atoms with E-state index in [1.807, 2.05) is 25.2 Å². The van der Waals surface area contributed by atoms with Crippen molar-refractivity contribution in [1.82, 2.24) is 0 Å². The Balaban J connectivity index is 3.73. The van der Waals surface area contributed by atoms with Crippen molar-refractivity contribution >= 4 is 6.16 Å². The zero-order valence-electron chi connectivity index (χ0n) is 8.32. The molecule has 0 saturated heterocycles. The summed E-state index contributed by atoms with van der Waals surface area (Å²) in [6.07, 6.45) is 6.48. The normalized spacial score (nSPS) is 13.5. The molecule has 0 bridgehead atoms. The Morgan fingerprint density at radius 3 is 2.69 bits per heavy atom. The van der Waals surface area contributed by atoms with Gasteiger partial charge in [-0.25, -0.2) is 4.79 Å². The van der Waals surface area contributed by atoms with E-state index in [0.29, 0.717) is 6.61 Å². The molecule has 0 aliphatic heterocycles. The lowest BCUT2D eigenvalue weighted by Crippen LogP contribution is -2.13. The van der Waals surface area contributed by atoms with Gasteiger partial charge in [-0.15, -0.1) is 0 Å². The van der Waals surface area contributed by atoms with E-state index in [0.717, 1.165) is 0 Å². The lowest BCUT2D eigenvalue weighted by molar-refractivity contribution is 0.0454. The number of carbonyl (C=O) groups is 1. The van der Waals surface area contributed by atoms with Crippen molar-refractivity contribution in [2.45, 2.75) is 26.9 Å². The Kier molecular flexibility index (Phi) is 6.69. The molecule has 13 heavy (non-hydrogen) atoms. The van der Waals surface area contributed by atoms with Gasteiger partial charge in [0.25, 0.3) is 0 Å². The van der Waals surface area contributed by atoms with E-state index < -0.39 is 6.16 Å². The van der Waals surface area contributed by atoms with Crippen molar-refractivity contribution in [2.24, 2.45) is 0 Å². The first-order valence-electron chi connectivity index (χ1n) is 4.33. The fraction of sp³-hybridized carbons (Fsp3) is 0.500. The third-order valence-corrected chi connectivity index (χ3v) is 1.23. The largest absolute Gasteiger partial charge is 0.508 e. The average Bonchev–Trinajstić information content (AvgIpc) is 2.05. The van der Waals surface area contributed by atoms with Gasteiger partial charge < -0.3 is 9.47 Å². The highest BCUT2D eigenvalue weighted by Gasteiger charge is 2.05. The topological polar surface area (TPSA) is 35.5 Å². The van der Waals surface area contributed by atoms with E-state index in [9.17, 15) is 4.79 Å². The van der Waals surface area contributed by atoms with Gasteiger partial charge in [0.1, 0.15) is 6.10 Å². The lowest BCUT2D eigenvalue weighted by atomic mass is 10.3. The van der Waals surface area contributed by atoms with Crippen LogP contribution >= 0.6 is 0 Å². The molecule has 0 heterocycles. The Hall–Kier alpha value is -1.25. The van der Waals surface area contributed by atoms with Crippen molar-refractivity contribution in [3.05, 3.63) is 24.3 Å². The molecular weight excluding hydrogens is 168 g/mol. The highest BCUT2D eigenvalue weighted by atomic mass is 16.7. The van der Waals surface area contributed by atoms with Crippen LogP contribution in [-0.4, -0.2) is 18.9 Å². The van der Waals surface area contributed by atoms with Gasteiger partial charge in [0, 0.05) is 0 Å². The zero-order chi connectivity index (χ0) is 10.1. The number of hydrogen-bond acceptors (Lipinski definition) is 3. The fourth-order valence-corrected chi connectivity index (χ4v) is 0.675. The summed E-state index contributed by atoms with van der Waals surface area (Å²) in [5.41, 5.74) is 0. The molecule has 0 aliphatic carbocycles. The number of hydrogen-bond donors (Lipinski definition) is 0. The lowest BCUT2D eigenvalue weighted by Gasteiger charge is -2.07. The first-order chi connectivity index (χ1) is 6.20. The van der Waals surface area contributed by atoms with Gasteiger partial charge in [-0.05, 0) is 26.8 Å². The van der Waals surface area contributed by atoms with E-state index in [4.69, 9.17) is 4.74 Å². The Labute approximate surface area is 79.0 Å². The van der Waals surface area contributed by atoms with E-state index in [-0.39, 0.29) is 6.10 Å². The molecule has 1 atom stereocenters. The Bertz CT molecular complexity index is 194. The molecule has 3 heteroatoms. The van der Waals surface area contributed by atoms with Gasteiger partial charge >= 0.3 is 6.16 Å². The second-order valence-corrected chi connectivity index (χ2v) is 2.42. The van der Waals surface area contributed by atoms with Gasteiger partial charge in [0.15, 0.2) is 0 Å². The van der Waals surface area contributed by atoms with E-state index >= 15 is 0 Å². The number of carbonyl (C=O) groups excluding carboxylic acids is 1. The van der Waals surface area contributed by atoms with Crippen LogP contribution in [0.1, 0.15) is 20.8 Å². The summed E-state index contributed by atoms with van der Waals surface area (Å²) < 4.78 is 9.46. The molecule has 1 unspecified atom stereocenters. The van der Waals surface area contributed by atoms with Gasteiger partial charge in [0.2, 0.25) is 0 Å². The Morgan fingerprint density at radius 1 is 1.46 bits per heavy atom. The van der Waals surface area contributed by atoms with E-state index in [1.165, 1.54) is 0 Å². The summed E-state index contributed by atoms with van der Waals surface area (Å²) in [7, 11) is 0. The minimum absolute atomic E-state index is 0.254. The van der Waals surface area contributed by atoms with Crippen molar-refractivity contribution in [1.29, 1.82) is 0 Å². The molecule has 0 aliphatic rings. The van der Waals surface area contributed by atoms with Crippen LogP contribution < -0.4 is 0 Å². The summed E-state index contributed by atoms with van der Waals surface area (Å²) in [4.78, 5) is 10.8. The standard InChI is InChI=1S/C10H16O3/c1-4-6-7-8-9(3)13-10(11)12-5-2/h4,6-9H,5H2,1-3H3/b6-4+,8-7+. The Morgan fingerprint density at radius 2 is 2.15 bits per heavy atom. The van der Waals surface area contributed by atoms with Crippen LogP contribution in [0.4, 0.5) is 4.79 Å².